The summed E-state index contributed by atoms with van der Waals surface area (Å²) in [5, 5.41) is 24.3. The van der Waals surface area contributed by atoms with Crippen LogP contribution in [0.25, 0.3) is 11.1 Å². The van der Waals surface area contributed by atoms with Crippen LogP contribution in [0.2, 0.25) is 0 Å². The maximum atomic E-state index is 13.0. The van der Waals surface area contributed by atoms with Crippen molar-refractivity contribution in [1.82, 2.24) is 25.4 Å². The molecule has 1 aliphatic rings. The van der Waals surface area contributed by atoms with E-state index in [1.165, 1.54) is 7.11 Å². The minimum Gasteiger partial charge on any atom is -0.467 e. The molecular weight excluding hydrogens is 679 g/mol. The van der Waals surface area contributed by atoms with Crippen molar-refractivity contribution >= 4 is 23.8 Å². The highest BCUT2D eigenvalue weighted by Crippen LogP contribution is 2.43. The van der Waals surface area contributed by atoms with Crippen molar-refractivity contribution in [1.29, 1.82) is 0 Å². The Morgan fingerprint density at radius 3 is 2.33 bits per heavy atom. The van der Waals surface area contributed by atoms with Crippen LogP contribution in [0, 0.1) is 5.92 Å². The molecule has 0 spiro atoms. The molecule has 1 fully saturated rings. The topological polar surface area (TPSA) is 137 Å². The van der Waals surface area contributed by atoms with E-state index in [0.29, 0.717) is 12.2 Å². The molecule has 0 radical (unpaired) electrons. The molecule has 1 aromatic heterocycles. The molecule has 3 N–H and O–H groups in total. The van der Waals surface area contributed by atoms with Gasteiger partial charge in [-0.05, 0) is 33.4 Å². The van der Waals surface area contributed by atoms with E-state index in [2.05, 4.69) is 27.8 Å². The van der Waals surface area contributed by atoms with Crippen LogP contribution in [0.3, 0.4) is 0 Å². The third kappa shape index (κ3) is 9.07. The van der Waals surface area contributed by atoms with Crippen LogP contribution in [0.4, 0.5) is 4.79 Å². The molecule has 6 rings (SSSR count). The summed E-state index contributed by atoms with van der Waals surface area (Å²) in [4.78, 5) is 25.4. The van der Waals surface area contributed by atoms with E-state index >= 15 is 0 Å². The molecule has 52 heavy (non-hydrogen) atoms. The molecule has 270 valence electrons. The van der Waals surface area contributed by atoms with Crippen molar-refractivity contribution in [3.63, 3.8) is 0 Å². The second-order valence-electron chi connectivity index (χ2n) is 12.7. The Morgan fingerprint density at radius 1 is 0.923 bits per heavy atom. The number of nitrogens with one attached hydrogen (secondary N) is 2. The van der Waals surface area contributed by atoms with Crippen LogP contribution >= 0.6 is 11.8 Å². The highest BCUT2D eigenvalue weighted by atomic mass is 32.2. The van der Waals surface area contributed by atoms with E-state index in [1.54, 1.807) is 18.1 Å². The second-order valence-corrected chi connectivity index (χ2v) is 13.7. The highest BCUT2D eigenvalue weighted by molar-refractivity contribution is 7.99. The van der Waals surface area contributed by atoms with E-state index in [4.69, 9.17) is 14.2 Å². The molecule has 11 nitrogen and oxygen atoms in total. The third-order valence-corrected chi connectivity index (χ3v) is 10.3. The van der Waals surface area contributed by atoms with E-state index in [1.807, 2.05) is 115 Å². The smallest absolute Gasteiger partial charge is 0.328 e. The zero-order chi connectivity index (χ0) is 36.5. The number of aliphatic hydroxyl groups excluding tert-OH is 1. The first-order chi connectivity index (χ1) is 25.3. The summed E-state index contributed by atoms with van der Waals surface area (Å²) in [5.41, 5.74) is 6.49. The van der Waals surface area contributed by atoms with Gasteiger partial charge in [0, 0.05) is 37.2 Å². The first kappa shape index (κ1) is 36.8. The lowest BCUT2D eigenvalue weighted by molar-refractivity contribution is -0.268. The maximum absolute atomic E-state index is 13.0. The first-order valence-corrected chi connectivity index (χ1v) is 18.1. The number of ether oxygens (including phenoxy) is 3. The van der Waals surface area contributed by atoms with Gasteiger partial charge in [-0.3, -0.25) is 0 Å². The van der Waals surface area contributed by atoms with Crippen molar-refractivity contribution in [2.75, 3.05) is 12.9 Å². The number of methoxy groups -OCH3 is 1. The largest absolute Gasteiger partial charge is 0.467 e. The molecule has 4 aromatic carbocycles. The Balaban J connectivity index is 1.15. The fourth-order valence-electron chi connectivity index (χ4n) is 6.22. The zero-order valence-electron chi connectivity index (χ0n) is 29.3. The second kappa shape index (κ2) is 17.5. The minimum absolute atomic E-state index is 0.0204. The van der Waals surface area contributed by atoms with E-state index in [0.717, 1.165) is 44.1 Å². The van der Waals surface area contributed by atoms with Crippen molar-refractivity contribution < 1.29 is 28.9 Å². The third-order valence-electron chi connectivity index (χ3n) is 9.19. The fraction of sp³-hybridized carbons (Fsp3) is 0.300. The normalized spacial score (nSPS) is 19.1. The Kier molecular flexibility index (Phi) is 12.4. The van der Waals surface area contributed by atoms with Crippen LogP contribution in [0.5, 0.6) is 0 Å². The van der Waals surface area contributed by atoms with Crippen molar-refractivity contribution in [3.8, 4) is 11.1 Å². The standard InChI is InChI=1S/C40H43N5O6S/c1-26-35(24-52-40-44-42-25-45(40)2)50-38(51-36(26)30-15-13-28(23-46)14-16-30)31-19-17-29(18-20-31)33-12-8-7-11-32(33)22-41-39(48)43-34(37(47)49-3)21-27-9-5-4-6-10-27/h4-20,25-26,34-36,38,46H,21-24H2,1-3H3,(H2,41,43,48)/t26-,34+,35+,36+,38+/m1/s1. The predicted octanol–water partition coefficient (Wildman–Crippen LogP) is 6.14. The maximum Gasteiger partial charge on any atom is 0.328 e. The lowest BCUT2D eigenvalue weighted by Gasteiger charge is -2.41. The molecule has 12 heteroatoms. The van der Waals surface area contributed by atoms with E-state index in [-0.39, 0.29) is 31.3 Å². The number of aromatic nitrogens is 3. The zero-order valence-corrected chi connectivity index (χ0v) is 30.2. The minimum atomic E-state index is -0.827. The predicted molar refractivity (Wildman–Crippen MR) is 198 cm³/mol. The summed E-state index contributed by atoms with van der Waals surface area (Å²) in [6.45, 7) is 2.36. The van der Waals surface area contributed by atoms with Gasteiger partial charge in [-0.15, -0.1) is 10.2 Å². The highest BCUT2D eigenvalue weighted by Gasteiger charge is 2.38. The van der Waals surface area contributed by atoms with Gasteiger partial charge in [-0.1, -0.05) is 122 Å². The molecule has 5 atom stereocenters. The summed E-state index contributed by atoms with van der Waals surface area (Å²) < 4.78 is 20.1. The number of thioether (sulfide) groups is 1. The molecule has 0 saturated carbocycles. The SMILES string of the molecule is COC(=O)[C@H](Cc1ccccc1)NC(=O)NCc1ccccc1-c1ccc([C@H]2O[C@@H](CSc3nncn3C)[C@@H](C)[C@@H](c3ccc(CO)cc3)O2)cc1. The van der Waals surface area contributed by atoms with Gasteiger partial charge in [0.05, 0.1) is 25.9 Å². The quantitative estimate of drug-likeness (QED) is 0.0968. The molecule has 2 amide bonds. The van der Waals surface area contributed by atoms with Crippen molar-refractivity contribution in [3.05, 3.63) is 137 Å². The summed E-state index contributed by atoms with van der Waals surface area (Å²) in [6, 6.07) is 32.0. The molecule has 1 aliphatic heterocycles. The number of urea groups is 1. The van der Waals surface area contributed by atoms with Crippen molar-refractivity contribution in [2.24, 2.45) is 13.0 Å². The van der Waals surface area contributed by atoms with Gasteiger partial charge in [0.1, 0.15) is 12.4 Å². The molecule has 0 unspecified atom stereocenters. The monoisotopic (exact) mass is 721 g/mol. The van der Waals surface area contributed by atoms with Gasteiger partial charge in [-0.25, -0.2) is 9.59 Å². The van der Waals surface area contributed by atoms with Crippen LogP contribution in [0.15, 0.2) is 115 Å². The number of hydrogen-bond acceptors (Lipinski definition) is 9. The summed E-state index contributed by atoms with van der Waals surface area (Å²) in [6.07, 6.45) is 1.00. The number of benzene rings is 4. The van der Waals surface area contributed by atoms with Crippen LogP contribution < -0.4 is 10.6 Å². The Labute approximate surface area is 307 Å². The van der Waals surface area contributed by atoms with Crippen LogP contribution in [0.1, 0.15) is 47.1 Å². The molecule has 2 heterocycles. The number of aliphatic hydroxyl groups is 1. The van der Waals surface area contributed by atoms with Crippen LogP contribution in [-0.4, -0.2) is 56.9 Å². The number of carbonyl (C=O) groups is 2. The summed E-state index contributed by atoms with van der Waals surface area (Å²) >= 11 is 1.60. The number of esters is 1. The molecule has 1 saturated heterocycles. The summed E-state index contributed by atoms with van der Waals surface area (Å²) in [7, 11) is 3.23. The molecule has 0 aliphatic carbocycles. The number of hydrogen-bond donors (Lipinski definition) is 3. The number of carbonyl (C=O) groups excluding carboxylic acids is 2. The number of nitrogens with zero attached hydrogens (tertiary/aromatic N) is 3. The Hall–Kier alpha value is -5.01. The Morgan fingerprint density at radius 2 is 1.63 bits per heavy atom. The van der Waals surface area contributed by atoms with Crippen LogP contribution in [-0.2, 0) is 45.6 Å². The lowest BCUT2D eigenvalue weighted by atomic mass is 9.91. The van der Waals surface area contributed by atoms with E-state index in [9.17, 15) is 14.7 Å². The molecule has 0 bridgehead atoms. The number of rotatable bonds is 13. The van der Waals surface area contributed by atoms with Crippen molar-refractivity contribution in [2.45, 2.75) is 56.2 Å². The molecular formula is C40H43N5O6S. The first-order valence-electron chi connectivity index (χ1n) is 17.1. The van der Waals surface area contributed by atoms with Gasteiger partial charge < -0.3 is 34.5 Å². The van der Waals surface area contributed by atoms with Gasteiger partial charge in [0.25, 0.3) is 0 Å². The van der Waals surface area contributed by atoms with Gasteiger partial charge in [0.2, 0.25) is 0 Å². The van der Waals surface area contributed by atoms with E-state index < -0.39 is 24.3 Å². The van der Waals surface area contributed by atoms with Gasteiger partial charge >= 0.3 is 12.0 Å². The summed E-state index contributed by atoms with van der Waals surface area (Å²) in [5.74, 6) is 0.188. The lowest BCUT2D eigenvalue weighted by Crippen LogP contribution is -2.47. The average molecular weight is 722 g/mol. The van der Waals surface area contributed by atoms with Gasteiger partial charge in [-0.2, -0.15) is 0 Å². The Bertz CT molecular complexity index is 1920. The fourth-order valence-corrected chi connectivity index (χ4v) is 7.27. The molecule has 5 aromatic rings. The number of aryl methyl sites for hydroxylation is 1. The average Bonchev–Trinajstić information content (AvgIpc) is 3.60. The van der Waals surface area contributed by atoms with Gasteiger partial charge in [0.15, 0.2) is 11.4 Å². The number of amides is 2.